The van der Waals surface area contributed by atoms with Gasteiger partial charge in [-0.05, 0) is 38.5 Å². The molecule has 1 aromatic heterocycles. The predicted octanol–water partition coefficient (Wildman–Crippen LogP) is 4.18. The van der Waals surface area contributed by atoms with Crippen molar-refractivity contribution < 1.29 is 4.79 Å². The van der Waals surface area contributed by atoms with E-state index in [1.54, 1.807) is 0 Å². The minimum absolute atomic E-state index is 0.109. The average molecular weight is 361 g/mol. The molecule has 0 radical (unpaired) electrons. The topological polar surface area (TPSA) is 39.3 Å². The monoisotopic (exact) mass is 361 g/mol. The fraction of sp³-hybridized carbons (Fsp3) is 0.348. The van der Waals surface area contributed by atoms with Crippen molar-refractivity contribution in [3.8, 4) is 0 Å². The molecule has 1 N–H and O–H groups in total. The van der Waals surface area contributed by atoms with Crippen molar-refractivity contribution in [3.63, 3.8) is 0 Å². The van der Waals surface area contributed by atoms with Gasteiger partial charge in [0.2, 0.25) is 0 Å². The van der Waals surface area contributed by atoms with E-state index in [1.165, 1.54) is 11.3 Å². The van der Waals surface area contributed by atoms with Crippen LogP contribution in [0.4, 0.5) is 5.69 Å². The molecule has 1 aliphatic rings. The first-order valence-electron chi connectivity index (χ1n) is 9.72. The van der Waals surface area contributed by atoms with E-state index in [1.807, 2.05) is 38.1 Å². The highest BCUT2D eigenvalue weighted by molar-refractivity contribution is 6.11. The van der Waals surface area contributed by atoms with Crippen LogP contribution in [0.25, 0.3) is 10.9 Å². The van der Waals surface area contributed by atoms with Crippen molar-refractivity contribution in [2.45, 2.75) is 26.8 Å². The lowest BCUT2D eigenvalue weighted by molar-refractivity contribution is 0.0831. The first-order valence-corrected chi connectivity index (χ1v) is 9.72. The molecule has 4 heteroatoms. The summed E-state index contributed by atoms with van der Waals surface area (Å²) in [5.74, 6) is 0.217. The van der Waals surface area contributed by atoms with E-state index in [9.17, 15) is 4.79 Å². The Hall–Kier alpha value is -2.59. The summed E-state index contributed by atoms with van der Waals surface area (Å²) >= 11 is 0. The highest BCUT2D eigenvalue weighted by Crippen LogP contribution is 2.26. The second-order valence-electron chi connectivity index (χ2n) is 7.52. The maximum atomic E-state index is 13.3. The molecule has 2 heterocycles. The Morgan fingerprint density at radius 3 is 2.37 bits per heavy atom. The summed E-state index contributed by atoms with van der Waals surface area (Å²) < 4.78 is 0. The lowest BCUT2D eigenvalue weighted by Crippen LogP contribution is -2.52. The zero-order valence-electron chi connectivity index (χ0n) is 16.3. The number of hydrogen-bond acceptors (Lipinski definition) is 3. The third-order valence-corrected chi connectivity index (χ3v) is 5.84. The highest BCUT2D eigenvalue weighted by Gasteiger charge is 2.29. The number of anilines is 1. The third kappa shape index (κ3) is 3.26. The van der Waals surface area contributed by atoms with Crippen LogP contribution in [-0.2, 0) is 0 Å². The molecule has 1 saturated heterocycles. The van der Waals surface area contributed by atoms with Gasteiger partial charge in [-0.1, -0.05) is 36.4 Å². The van der Waals surface area contributed by atoms with Crippen LogP contribution in [0.15, 0.2) is 48.5 Å². The molecule has 0 aliphatic carbocycles. The second kappa shape index (κ2) is 7.20. The normalized spacial score (nSPS) is 16.6. The summed E-state index contributed by atoms with van der Waals surface area (Å²) in [6.07, 6.45) is 0. The molecule has 0 spiro atoms. The maximum absolute atomic E-state index is 13.3. The van der Waals surface area contributed by atoms with Gasteiger partial charge < -0.3 is 9.88 Å². The number of H-pyrrole nitrogens is 1. The number of nitrogens with one attached hydrogen (secondary N) is 1. The van der Waals surface area contributed by atoms with Crippen molar-refractivity contribution in [1.82, 2.24) is 9.88 Å². The fourth-order valence-corrected chi connectivity index (χ4v) is 4.24. The van der Waals surface area contributed by atoms with Crippen molar-refractivity contribution in [3.05, 3.63) is 65.4 Å². The number of nitrogens with zero attached hydrogens (tertiary/aromatic N) is 2. The number of Topliss-reactive ketones (excluding diaryl/α,β-unsaturated/α-hetero) is 1. The van der Waals surface area contributed by atoms with Crippen molar-refractivity contribution >= 4 is 22.4 Å². The van der Waals surface area contributed by atoms with Gasteiger partial charge in [-0.15, -0.1) is 0 Å². The molecule has 140 valence electrons. The number of carbonyl (C=O) groups is 1. The van der Waals surface area contributed by atoms with Gasteiger partial charge >= 0.3 is 0 Å². The number of benzene rings is 2. The first-order chi connectivity index (χ1) is 13.1. The molecule has 4 nitrogen and oxygen atoms in total. The Kier molecular flexibility index (Phi) is 4.75. The Labute approximate surface area is 160 Å². The summed E-state index contributed by atoms with van der Waals surface area (Å²) in [6.45, 7) is 9.92. The number of para-hydroxylation sites is 2. The number of aryl methyl sites for hydroxylation is 2. The molecular formula is C23H27N3O. The number of aromatic nitrogens is 1. The van der Waals surface area contributed by atoms with Crippen LogP contribution in [0.5, 0.6) is 0 Å². The third-order valence-electron chi connectivity index (χ3n) is 5.84. The fourth-order valence-electron chi connectivity index (χ4n) is 4.24. The average Bonchev–Trinajstić information content (AvgIpc) is 3.03. The Morgan fingerprint density at radius 1 is 0.963 bits per heavy atom. The molecule has 27 heavy (non-hydrogen) atoms. The van der Waals surface area contributed by atoms with Gasteiger partial charge in [0.1, 0.15) is 0 Å². The number of rotatable bonds is 4. The number of piperazine rings is 1. The van der Waals surface area contributed by atoms with Crippen LogP contribution in [0.1, 0.15) is 28.5 Å². The van der Waals surface area contributed by atoms with E-state index in [0.29, 0.717) is 0 Å². The van der Waals surface area contributed by atoms with Crippen molar-refractivity contribution in [1.29, 1.82) is 0 Å². The standard InChI is InChI=1S/C23H27N3O/c1-16-8-4-7-11-21(16)26-14-12-25(13-15-26)18(3)23(27)22-17(2)24-20-10-6-5-9-19(20)22/h4-11,18,24H,12-15H2,1-3H3. The first kappa shape index (κ1) is 17.8. The van der Waals surface area contributed by atoms with E-state index in [-0.39, 0.29) is 11.8 Å². The summed E-state index contributed by atoms with van der Waals surface area (Å²) in [4.78, 5) is 21.4. The van der Waals surface area contributed by atoms with Crippen LogP contribution in [-0.4, -0.2) is 47.9 Å². The van der Waals surface area contributed by atoms with Crippen LogP contribution in [0, 0.1) is 13.8 Å². The van der Waals surface area contributed by atoms with Crippen LogP contribution in [0.2, 0.25) is 0 Å². The molecule has 2 aromatic carbocycles. The van der Waals surface area contributed by atoms with E-state index < -0.39 is 0 Å². The molecule has 4 rings (SSSR count). The van der Waals surface area contributed by atoms with Gasteiger partial charge in [0.15, 0.2) is 5.78 Å². The Balaban J connectivity index is 1.49. The SMILES string of the molecule is Cc1ccccc1N1CCN(C(C)C(=O)c2c(C)[nH]c3ccccc23)CC1. The molecule has 0 amide bonds. The van der Waals surface area contributed by atoms with Crippen molar-refractivity contribution in [2.24, 2.45) is 0 Å². The Morgan fingerprint density at radius 2 is 1.63 bits per heavy atom. The molecule has 1 unspecified atom stereocenters. The summed E-state index contributed by atoms with van der Waals surface area (Å²) in [6, 6.07) is 16.5. The van der Waals surface area contributed by atoms with Gasteiger partial charge in [0, 0.05) is 54.0 Å². The number of aromatic amines is 1. The maximum Gasteiger partial charge on any atom is 0.182 e. The van der Waals surface area contributed by atoms with Crippen LogP contribution in [0.3, 0.4) is 0 Å². The molecule has 1 fully saturated rings. The lowest BCUT2D eigenvalue weighted by Gasteiger charge is -2.39. The smallest absolute Gasteiger partial charge is 0.182 e. The number of fused-ring (bicyclic) bond motifs is 1. The minimum atomic E-state index is -0.109. The van der Waals surface area contributed by atoms with Gasteiger partial charge in [0.05, 0.1) is 6.04 Å². The van der Waals surface area contributed by atoms with Gasteiger partial charge in [-0.25, -0.2) is 0 Å². The van der Waals surface area contributed by atoms with E-state index in [2.05, 4.69) is 46.0 Å². The molecule has 1 atom stereocenters. The van der Waals surface area contributed by atoms with Crippen LogP contribution >= 0.6 is 0 Å². The molecule has 0 bridgehead atoms. The number of ketones is 1. The molecular weight excluding hydrogens is 334 g/mol. The highest BCUT2D eigenvalue weighted by atomic mass is 16.1. The zero-order valence-corrected chi connectivity index (χ0v) is 16.3. The molecule has 1 aliphatic heterocycles. The minimum Gasteiger partial charge on any atom is -0.369 e. The molecule has 3 aromatic rings. The Bertz CT molecular complexity index is 967. The van der Waals surface area contributed by atoms with Gasteiger partial charge in [0.25, 0.3) is 0 Å². The second-order valence-corrected chi connectivity index (χ2v) is 7.52. The van der Waals surface area contributed by atoms with Crippen LogP contribution < -0.4 is 4.90 Å². The number of hydrogen-bond donors (Lipinski definition) is 1. The van der Waals surface area contributed by atoms with Gasteiger partial charge in [-0.2, -0.15) is 0 Å². The summed E-state index contributed by atoms with van der Waals surface area (Å²) in [5, 5.41) is 1.03. The quantitative estimate of drug-likeness (QED) is 0.709. The number of carbonyl (C=O) groups excluding carboxylic acids is 1. The largest absolute Gasteiger partial charge is 0.369 e. The molecule has 0 saturated carbocycles. The van der Waals surface area contributed by atoms with E-state index >= 15 is 0 Å². The van der Waals surface area contributed by atoms with E-state index in [0.717, 1.165) is 48.3 Å². The van der Waals surface area contributed by atoms with Gasteiger partial charge in [-0.3, -0.25) is 9.69 Å². The summed E-state index contributed by atoms with van der Waals surface area (Å²) in [7, 11) is 0. The van der Waals surface area contributed by atoms with Crippen molar-refractivity contribution in [2.75, 3.05) is 31.1 Å². The summed E-state index contributed by atoms with van der Waals surface area (Å²) in [5.41, 5.74) is 5.47. The lowest BCUT2D eigenvalue weighted by atomic mass is 10.0. The predicted molar refractivity (Wildman–Crippen MR) is 112 cm³/mol. The zero-order chi connectivity index (χ0) is 19.0. The van der Waals surface area contributed by atoms with E-state index in [4.69, 9.17) is 0 Å².